The first-order valence-electron chi connectivity index (χ1n) is 7.32. The van der Waals surface area contributed by atoms with E-state index in [0.29, 0.717) is 18.4 Å². The summed E-state index contributed by atoms with van der Waals surface area (Å²) in [5.41, 5.74) is 1.03. The SMILES string of the molecule is CC(C)C1CCN(C(=O)NCc2cccc(C(=O)O)c2)C1. The van der Waals surface area contributed by atoms with E-state index in [2.05, 4.69) is 19.2 Å². The van der Waals surface area contributed by atoms with E-state index >= 15 is 0 Å². The molecule has 1 aliphatic heterocycles. The van der Waals surface area contributed by atoms with Crippen molar-refractivity contribution >= 4 is 12.0 Å². The first-order valence-corrected chi connectivity index (χ1v) is 7.32. The smallest absolute Gasteiger partial charge is 0.335 e. The maximum Gasteiger partial charge on any atom is 0.335 e. The topological polar surface area (TPSA) is 69.6 Å². The summed E-state index contributed by atoms with van der Waals surface area (Å²) in [6.45, 7) is 6.32. The summed E-state index contributed by atoms with van der Waals surface area (Å²) in [6.07, 6.45) is 1.06. The number of hydrogen-bond acceptors (Lipinski definition) is 2. The fourth-order valence-electron chi connectivity index (χ4n) is 2.62. The van der Waals surface area contributed by atoms with Gasteiger partial charge in [0.25, 0.3) is 0 Å². The van der Waals surface area contributed by atoms with Crippen molar-refractivity contribution in [3.63, 3.8) is 0 Å². The molecule has 0 aliphatic carbocycles. The molecular formula is C16H22N2O3. The number of carboxylic acids is 1. The van der Waals surface area contributed by atoms with Gasteiger partial charge in [-0.25, -0.2) is 9.59 Å². The molecule has 1 aromatic rings. The van der Waals surface area contributed by atoms with Crippen molar-refractivity contribution in [2.24, 2.45) is 11.8 Å². The van der Waals surface area contributed by atoms with Crippen LogP contribution in [0.15, 0.2) is 24.3 Å². The molecule has 1 fully saturated rings. The third kappa shape index (κ3) is 3.97. The number of hydrogen-bond donors (Lipinski definition) is 2. The fraction of sp³-hybridized carbons (Fsp3) is 0.500. The Labute approximate surface area is 125 Å². The lowest BCUT2D eigenvalue weighted by molar-refractivity contribution is 0.0696. The van der Waals surface area contributed by atoms with Gasteiger partial charge in [0.2, 0.25) is 0 Å². The molecule has 114 valence electrons. The van der Waals surface area contributed by atoms with Crippen LogP contribution in [0.4, 0.5) is 4.79 Å². The third-order valence-corrected chi connectivity index (χ3v) is 4.07. The van der Waals surface area contributed by atoms with Gasteiger partial charge in [0, 0.05) is 19.6 Å². The van der Waals surface area contributed by atoms with Crippen molar-refractivity contribution in [2.45, 2.75) is 26.8 Å². The summed E-state index contributed by atoms with van der Waals surface area (Å²) in [7, 11) is 0. The van der Waals surface area contributed by atoms with Crippen LogP contribution in [0, 0.1) is 11.8 Å². The van der Waals surface area contributed by atoms with Crippen molar-refractivity contribution in [1.82, 2.24) is 10.2 Å². The summed E-state index contributed by atoms with van der Waals surface area (Å²) in [5.74, 6) is 0.212. The second-order valence-corrected chi connectivity index (χ2v) is 5.90. The molecule has 1 saturated heterocycles. The Morgan fingerprint density at radius 3 is 2.81 bits per heavy atom. The zero-order valence-corrected chi connectivity index (χ0v) is 12.5. The van der Waals surface area contributed by atoms with E-state index in [1.54, 1.807) is 18.2 Å². The minimum absolute atomic E-state index is 0.0705. The summed E-state index contributed by atoms with van der Waals surface area (Å²) < 4.78 is 0. The molecule has 2 amide bonds. The first-order chi connectivity index (χ1) is 9.97. The summed E-state index contributed by atoms with van der Waals surface area (Å²) in [4.78, 5) is 24.8. The van der Waals surface area contributed by atoms with Crippen LogP contribution in [0.1, 0.15) is 36.2 Å². The number of aromatic carboxylic acids is 1. The van der Waals surface area contributed by atoms with Crippen molar-refractivity contribution < 1.29 is 14.7 Å². The van der Waals surface area contributed by atoms with Crippen LogP contribution in [0.2, 0.25) is 0 Å². The minimum atomic E-state index is -0.956. The van der Waals surface area contributed by atoms with Crippen LogP contribution in [-0.4, -0.2) is 35.1 Å². The highest BCUT2D eigenvalue weighted by molar-refractivity contribution is 5.87. The summed E-state index contributed by atoms with van der Waals surface area (Å²) in [6, 6.07) is 6.56. The number of nitrogens with one attached hydrogen (secondary N) is 1. The molecule has 0 bridgehead atoms. The van der Waals surface area contributed by atoms with Gasteiger partial charge < -0.3 is 15.3 Å². The van der Waals surface area contributed by atoms with Gasteiger partial charge in [0.1, 0.15) is 0 Å². The molecule has 0 radical (unpaired) electrons. The minimum Gasteiger partial charge on any atom is -0.478 e. The first kappa shape index (κ1) is 15.4. The predicted octanol–water partition coefficient (Wildman–Crippen LogP) is 2.57. The van der Waals surface area contributed by atoms with Crippen molar-refractivity contribution in [3.8, 4) is 0 Å². The van der Waals surface area contributed by atoms with Gasteiger partial charge in [-0.05, 0) is 36.0 Å². The van der Waals surface area contributed by atoms with Gasteiger partial charge in [0.05, 0.1) is 5.56 Å². The van der Waals surface area contributed by atoms with Crippen LogP contribution in [-0.2, 0) is 6.54 Å². The molecule has 1 aliphatic rings. The Hall–Kier alpha value is -2.04. The van der Waals surface area contributed by atoms with Crippen molar-refractivity contribution in [2.75, 3.05) is 13.1 Å². The highest BCUT2D eigenvalue weighted by Crippen LogP contribution is 2.23. The van der Waals surface area contributed by atoms with Crippen LogP contribution >= 0.6 is 0 Å². The molecule has 21 heavy (non-hydrogen) atoms. The average Bonchev–Trinajstić information content (AvgIpc) is 2.95. The zero-order chi connectivity index (χ0) is 15.4. The van der Waals surface area contributed by atoms with E-state index in [4.69, 9.17) is 5.11 Å². The van der Waals surface area contributed by atoms with Gasteiger partial charge in [-0.2, -0.15) is 0 Å². The van der Waals surface area contributed by atoms with Crippen LogP contribution < -0.4 is 5.32 Å². The van der Waals surface area contributed by atoms with Gasteiger partial charge in [-0.15, -0.1) is 0 Å². The maximum atomic E-state index is 12.1. The van der Waals surface area contributed by atoms with Gasteiger partial charge in [-0.3, -0.25) is 0 Å². The zero-order valence-electron chi connectivity index (χ0n) is 12.5. The molecule has 0 saturated carbocycles. The van der Waals surface area contributed by atoms with Crippen LogP contribution in [0.25, 0.3) is 0 Å². The molecule has 0 aromatic heterocycles. The summed E-state index contributed by atoms with van der Waals surface area (Å²) in [5, 5.41) is 11.8. The maximum absolute atomic E-state index is 12.1. The largest absolute Gasteiger partial charge is 0.478 e. The van der Waals surface area contributed by atoms with Crippen LogP contribution in [0.5, 0.6) is 0 Å². The van der Waals surface area contributed by atoms with Crippen LogP contribution in [0.3, 0.4) is 0 Å². The lowest BCUT2D eigenvalue weighted by Gasteiger charge is -2.18. The molecule has 1 atom stereocenters. The highest BCUT2D eigenvalue weighted by Gasteiger charge is 2.27. The number of urea groups is 1. The van der Waals surface area contributed by atoms with Gasteiger partial charge >= 0.3 is 12.0 Å². The Kier molecular flexibility index (Phi) is 4.83. The van der Waals surface area contributed by atoms with E-state index in [0.717, 1.165) is 25.1 Å². The molecular weight excluding hydrogens is 268 g/mol. The Balaban J connectivity index is 1.87. The average molecular weight is 290 g/mol. The predicted molar refractivity (Wildman–Crippen MR) is 80.2 cm³/mol. The second kappa shape index (κ2) is 6.61. The van der Waals surface area contributed by atoms with E-state index in [1.807, 2.05) is 11.0 Å². The number of rotatable bonds is 4. The number of nitrogens with zero attached hydrogens (tertiary/aromatic N) is 1. The lowest BCUT2D eigenvalue weighted by Crippen LogP contribution is -2.38. The molecule has 5 nitrogen and oxygen atoms in total. The second-order valence-electron chi connectivity index (χ2n) is 5.90. The lowest BCUT2D eigenvalue weighted by atomic mass is 9.95. The molecule has 0 spiro atoms. The molecule has 1 aromatic carbocycles. The highest BCUT2D eigenvalue weighted by atomic mass is 16.4. The van der Waals surface area contributed by atoms with E-state index < -0.39 is 5.97 Å². The van der Waals surface area contributed by atoms with Crippen molar-refractivity contribution in [3.05, 3.63) is 35.4 Å². The number of carbonyl (C=O) groups excluding carboxylic acids is 1. The number of carboxylic acid groups (broad SMARTS) is 1. The van der Waals surface area contributed by atoms with Crippen molar-refractivity contribution in [1.29, 1.82) is 0 Å². The van der Waals surface area contributed by atoms with E-state index in [1.165, 1.54) is 0 Å². The quantitative estimate of drug-likeness (QED) is 0.895. The van der Waals surface area contributed by atoms with Gasteiger partial charge in [-0.1, -0.05) is 26.0 Å². The normalized spacial score (nSPS) is 18.0. The molecule has 2 rings (SSSR count). The molecule has 5 heteroatoms. The molecule has 2 N–H and O–H groups in total. The monoisotopic (exact) mass is 290 g/mol. The molecule has 1 unspecified atom stereocenters. The Morgan fingerprint density at radius 1 is 1.43 bits per heavy atom. The third-order valence-electron chi connectivity index (χ3n) is 4.07. The fourth-order valence-corrected chi connectivity index (χ4v) is 2.62. The number of amides is 2. The number of benzene rings is 1. The van der Waals surface area contributed by atoms with Gasteiger partial charge in [0.15, 0.2) is 0 Å². The Bertz CT molecular complexity index is 528. The van der Waals surface area contributed by atoms with E-state index in [9.17, 15) is 9.59 Å². The standard InChI is InChI=1S/C16H22N2O3/c1-11(2)14-6-7-18(10-14)16(21)17-9-12-4-3-5-13(8-12)15(19)20/h3-5,8,11,14H,6-7,9-10H2,1-2H3,(H,17,21)(H,19,20). The summed E-state index contributed by atoms with van der Waals surface area (Å²) >= 11 is 0. The molecule has 1 heterocycles. The Morgan fingerprint density at radius 2 is 2.19 bits per heavy atom. The number of carbonyl (C=O) groups is 2. The number of likely N-dealkylation sites (tertiary alicyclic amines) is 1. The van der Waals surface area contributed by atoms with E-state index in [-0.39, 0.29) is 11.6 Å².